The number of hydrogen-bond acceptors (Lipinski definition) is 2. The lowest BCUT2D eigenvalue weighted by atomic mass is 10.00. The fourth-order valence-electron chi connectivity index (χ4n) is 2.54. The highest BCUT2D eigenvalue weighted by atomic mass is 16.2. The summed E-state index contributed by atoms with van der Waals surface area (Å²) in [6, 6.07) is 8.53. The fourth-order valence-corrected chi connectivity index (χ4v) is 2.54. The van der Waals surface area contributed by atoms with Crippen LogP contribution in [-0.2, 0) is 11.2 Å². The first-order chi connectivity index (χ1) is 9.06. The minimum atomic E-state index is 0.154. The Balaban J connectivity index is 1.94. The summed E-state index contributed by atoms with van der Waals surface area (Å²) >= 11 is 0. The highest BCUT2D eigenvalue weighted by Crippen LogP contribution is 2.16. The fraction of sp³-hybridized carbons (Fsp3) is 0.562. The van der Waals surface area contributed by atoms with E-state index < -0.39 is 0 Å². The molecule has 0 saturated carbocycles. The second-order valence-electron chi connectivity index (χ2n) is 5.82. The maximum absolute atomic E-state index is 12.2. The molecule has 1 saturated heterocycles. The number of piperidine rings is 1. The van der Waals surface area contributed by atoms with Gasteiger partial charge in [-0.15, -0.1) is 0 Å². The van der Waals surface area contributed by atoms with Gasteiger partial charge in [-0.2, -0.15) is 0 Å². The Morgan fingerprint density at radius 3 is 2.63 bits per heavy atom. The Morgan fingerprint density at radius 1 is 1.37 bits per heavy atom. The molecule has 0 bridgehead atoms. The third-order valence-corrected chi connectivity index (χ3v) is 3.81. The zero-order chi connectivity index (χ0) is 13.8. The van der Waals surface area contributed by atoms with E-state index >= 15 is 0 Å². The molecule has 0 radical (unpaired) electrons. The number of amides is 1. The van der Waals surface area contributed by atoms with Crippen molar-refractivity contribution < 1.29 is 4.79 Å². The summed E-state index contributed by atoms with van der Waals surface area (Å²) in [7, 11) is 0. The predicted octanol–water partition coefficient (Wildman–Crippen LogP) is 2.30. The van der Waals surface area contributed by atoms with Gasteiger partial charge < -0.3 is 10.6 Å². The average molecular weight is 260 g/mol. The summed E-state index contributed by atoms with van der Waals surface area (Å²) in [5.41, 5.74) is 8.32. The van der Waals surface area contributed by atoms with Gasteiger partial charge in [0.2, 0.25) is 5.91 Å². The van der Waals surface area contributed by atoms with Crippen molar-refractivity contribution in [2.45, 2.75) is 45.1 Å². The van der Waals surface area contributed by atoms with Crippen LogP contribution >= 0.6 is 0 Å². The van der Waals surface area contributed by atoms with Gasteiger partial charge in [0.1, 0.15) is 0 Å². The zero-order valence-corrected chi connectivity index (χ0v) is 11.9. The van der Waals surface area contributed by atoms with E-state index in [1.54, 1.807) is 0 Å². The average Bonchev–Trinajstić information content (AvgIpc) is 2.39. The summed E-state index contributed by atoms with van der Waals surface area (Å²) in [5.74, 6) is 0.734. The minimum absolute atomic E-state index is 0.154. The molecule has 1 unspecified atom stereocenters. The van der Waals surface area contributed by atoms with Gasteiger partial charge in [0.15, 0.2) is 0 Å². The minimum Gasteiger partial charge on any atom is -0.341 e. The van der Waals surface area contributed by atoms with Crippen LogP contribution in [0.5, 0.6) is 0 Å². The normalized spacial score (nSPS) is 19.8. The summed E-state index contributed by atoms with van der Waals surface area (Å²) in [5, 5.41) is 0. The number of carbonyl (C=O) groups is 1. The summed E-state index contributed by atoms with van der Waals surface area (Å²) < 4.78 is 0. The van der Waals surface area contributed by atoms with Crippen LogP contribution in [0.2, 0.25) is 0 Å². The Morgan fingerprint density at radius 2 is 2.05 bits per heavy atom. The Labute approximate surface area is 115 Å². The molecular formula is C16H24N2O. The molecule has 2 N–H and O–H groups in total. The molecule has 1 aliphatic heterocycles. The van der Waals surface area contributed by atoms with Crippen LogP contribution < -0.4 is 5.73 Å². The molecule has 1 fully saturated rings. The van der Waals surface area contributed by atoms with Crippen molar-refractivity contribution in [1.29, 1.82) is 0 Å². The maximum atomic E-state index is 12.2. The van der Waals surface area contributed by atoms with Crippen LogP contribution in [0.1, 0.15) is 43.7 Å². The molecule has 1 aromatic carbocycles. The first kappa shape index (κ1) is 14.1. The Hall–Kier alpha value is -1.35. The van der Waals surface area contributed by atoms with Crippen molar-refractivity contribution in [3.05, 3.63) is 35.4 Å². The number of hydrogen-bond donors (Lipinski definition) is 1. The lowest BCUT2D eigenvalue weighted by molar-refractivity contribution is -0.131. The molecule has 0 spiro atoms. The Kier molecular flexibility index (Phi) is 4.59. The molecule has 1 aliphatic rings. The van der Waals surface area contributed by atoms with E-state index in [0.717, 1.165) is 24.9 Å². The van der Waals surface area contributed by atoms with Crippen molar-refractivity contribution in [1.82, 2.24) is 4.90 Å². The molecule has 1 heterocycles. The van der Waals surface area contributed by atoms with Crippen molar-refractivity contribution in [2.75, 3.05) is 13.1 Å². The standard InChI is InChI=1S/C16H24N2O/c1-12(2)14-7-5-13(6-8-14)10-16(19)18-9-3-4-15(17)11-18/h5-8,12,15H,3-4,9-11,17H2,1-2H3. The molecule has 0 aliphatic carbocycles. The van der Waals surface area contributed by atoms with Gasteiger partial charge in [0.05, 0.1) is 6.42 Å². The number of benzene rings is 1. The topological polar surface area (TPSA) is 46.3 Å². The molecule has 0 aromatic heterocycles. The molecular weight excluding hydrogens is 236 g/mol. The molecule has 3 heteroatoms. The van der Waals surface area contributed by atoms with E-state index in [4.69, 9.17) is 5.73 Å². The number of carbonyl (C=O) groups excluding carboxylic acids is 1. The van der Waals surface area contributed by atoms with Gasteiger partial charge >= 0.3 is 0 Å². The molecule has 1 atom stereocenters. The van der Waals surface area contributed by atoms with Gasteiger partial charge in [-0.05, 0) is 29.9 Å². The smallest absolute Gasteiger partial charge is 0.227 e. The molecule has 3 nitrogen and oxygen atoms in total. The van der Waals surface area contributed by atoms with E-state index in [9.17, 15) is 4.79 Å². The van der Waals surface area contributed by atoms with Crippen LogP contribution in [0.25, 0.3) is 0 Å². The third kappa shape index (κ3) is 3.80. The van der Waals surface area contributed by atoms with Crippen molar-refractivity contribution >= 4 is 5.91 Å². The van der Waals surface area contributed by atoms with Crippen LogP contribution in [0.15, 0.2) is 24.3 Å². The van der Waals surface area contributed by atoms with Gasteiger partial charge in [-0.25, -0.2) is 0 Å². The van der Waals surface area contributed by atoms with E-state index in [-0.39, 0.29) is 11.9 Å². The monoisotopic (exact) mass is 260 g/mol. The molecule has 104 valence electrons. The summed E-state index contributed by atoms with van der Waals surface area (Å²) in [6.07, 6.45) is 2.55. The van der Waals surface area contributed by atoms with Crippen LogP contribution in [0, 0.1) is 0 Å². The Bertz CT molecular complexity index is 425. The number of nitrogens with two attached hydrogens (primary N) is 1. The van der Waals surface area contributed by atoms with Crippen molar-refractivity contribution in [3.8, 4) is 0 Å². The lowest BCUT2D eigenvalue weighted by Crippen LogP contribution is -2.46. The van der Waals surface area contributed by atoms with Crippen LogP contribution in [0.4, 0.5) is 0 Å². The van der Waals surface area contributed by atoms with E-state index in [2.05, 4.69) is 38.1 Å². The first-order valence-electron chi connectivity index (χ1n) is 7.18. The highest BCUT2D eigenvalue weighted by molar-refractivity contribution is 5.78. The SMILES string of the molecule is CC(C)c1ccc(CC(=O)N2CCCC(N)C2)cc1. The number of rotatable bonds is 3. The first-order valence-corrected chi connectivity index (χ1v) is 7.18. The maximum Gasteiger partial charge on any atom is 0.227 e. The number of likely N-dealkylation sites (tertiary alicyclic amines) is 1. The van der Waals surface area contributed by atoms with E-state index in [1.807, 2.05) is 4.90 Å². The summed E-state index contributed by atoms with van der Waals surface area (Å²) in [6.45, 7) is 5.92. The van der Waals surface area contributed by atoms with Gasteiger partial charge in [-0.3, -0.25) is 4.79 Å². The van der Waals surface area contributed by atoms with Crippen LogP contribution in [0.3, 0.4) is 0 Å². The third-order valence-electron chi connectivity index (χ3n) is 3.81. The molecule has 1 amide bonds. The summed E-state index contributed by atoms with van der Waals surface area (Å²) in [4.78, 5) is 14.1. The van der Waals surface area contributed by atoms with E-state index in [0.29, 0.717) is 18.9 Å². The van der Waals surface area contributed by atoms with Crippen molar-refractivity contribution in [2.24, 2.45) is 5.73 Å². The van der Waals surface area contributed by atoms with Gasteiger partial charge in [0.25, 0.3) is 0 Å². The second kappa shape index (κ2) is 6.20. The molecule has 1 aromatic rings. The highest BCUT2D eigenvalue weighted by Gasteiger charge is 2.21. The van der Waals surface area contributed by atoms with Gasteiger partial charge in [0, 0.05) is 19.1 Å². The predicted molar refractivity (Wildman–Crippen MR) is 78.0 cm³/mol. The number of nitrogens with zero attached hydrogens (tertiary/aromatic N) is 1. The quantitative estimate of drug-likeness (QED) is 0.906. The van der Waals surface area contributed by atoms with E-state index in [1.165, 1.54) is 5.56 Å². The zero-order valence-electron chi connectivity index (χ0n) is 11.9. The largest absolute Gasteiger partial charge is 0.341 e. The molecule has 2 rings (SSSR count). The van der Waals surface area contributed by atoms with Gasteiger partial charge in [-0.1, -0.05) is 38.1 Å². The second-order valence-corrected chi connectivity index (χ2v) is 5.82. The van der Waals surface area contributed by atoms with Crippen LogP contribution in [-0.4, -0.2) is 29.9 Å². The lowest BCUT2D eigenvalue weighted by Gasteiger charge is -2.30. The van der Waals surface area contributed by atoms with Crippen molar-refractivity contribution in [3.63, 3.8) is 0 Å². The molecule has 19 heavy (non-hydrogen) atoms.